The van der Waals surface area contributed by atoms with Gasteiger partial charge >= 0.3 is 0 Å². The van der Waals surface area contributed by atoms with Crippen molar-refractivity contribution in [2.75, 3.05) is 32.1 Å². The molecule has 5 nitrogen and oxygen atoms in total. The lowest BCUT2D eigenvalue weighted by Gasteiger charge is -2.22. The van der Waals surface area contributed by atoms with Gasteiger partial charge in [0.1, 0.15) is 22.8 Å². The molecule has 158 valence electrons. The number of likely N-dealkylation sites (N-methyl/N-ethyl adjacent to an activating group) is 1. The summed E-state index contributed by atoms with van der Waals surface area (Å²) in [6, 6.07) is 21.3. The minimum Gasteiger partial charge on any atom is -0.457 e. The van der Waals surface area contributed by atoms with Crippen molar-refractivity contribution in [3.63, 3.8) is 0 Å². The van der Waals surface area contributed by atoms with E-state index in [-0.39, 0.29) is 17.2 Å². The minimum atomic E-state index is -0.387. The first kappa shape index (κ1) is 21.0. The minimum absolute atomic E-state index is 0.187. The van der Waals surface area contributed by atoms with Gasteiger partial charge in [-0.3, -0.25) is 9.69 Å². The number of halogens is 1. The van der Waals surface area contributed by atoms with E-state index in [4.69, 9.17) is 4.74 Å². The highest BCUT2D eigenvalue weighted by molar-refractivity contribution is 7.22. The summed E-state index contributed by atoms with van der Waals surface area (Å²) in [5, 5.41) is 0.483. The second-order valence-corrected chi connectivity index (χ2v) is 8.29. The molecule has 0 saturated carbocycles. The van der Waals surface area contributed by atoms with E-state index < -0.39 is 0 Å². The highest BCUT2D eigenvalue weighted by Crippen LogP contribution is 2.31. The first-order valence-corrected chi connectivity index (χ1v) is 10.7. The van der Waals surface area contributed by atoms with E-state index in [1.807, 2.05) is 55.4 Å². The fourth-order valence-electron chi connectivity index (χ4n) is 3.05. The zero-order valence-electron chi connectivity index (χ0n) is 17.3. The predicted molar refractivity (Wildman–Crippen MR) is 123 cm³/mol. The molecule has 4 aromatic rings. The van der Waals surface area contributed by atoms with Gasteiger partial charge in [0.2, 0.25) is 0 Å². The molecule has 1 amide bonds. The SMILES string of the molecule is CN(C)CCN(C(=O)c1ccc(Oc2ccccc2)cc1)c1nc2c(F)cccc2s1. The number of benzene rings is 3. The number of rotatable bonds is 7. The summed E-state index contributed by atoms with van der Waals surface area (Å²) in [4.78, 5) is 21.3. The first-order chi connectivity index (χ1) is 15.0. The van der Waals surface area contributed by atoms with Gasteiger partial charge in [-0.25, -0.2) is 9.37 Å². The number of amides is 1. The Kier molecular flexibility index (Phi) is 6.25. The highest BCUT2D eigenvalue weighted by atomic mass is 32.1. The summed E-state index contributed by atoms with van der Waals surface area (Å²) in [5.41, 5.74) is 0.802. The van der Waals surface area contributed by atoms with Crippen molar-refractivity contribution in [3.8, 4) is 11.5 Å². The fraction of sp³-hybridized carbons (Fsp3) is 0.167. The van der Waals surface area contributed by atoms with Crippen LogP contribution in [0.3, 0.4) is 0 Å². The quantitative estimate of drug-likeness (QED) is 0.388. The molecule has 0 spiro atoms. The summed E-state index contributed by atoms with van der Waals surface area (Å²) in [6.45, 7) is 1.09. The molecule has 0 aliphatic rings. The lowest BCUT2D eigenvalue weighted by molar-refractivity contribution is 0.0985. The van der Waals surface area contributed by atoms with Crippen LogP contribution < -0.4 is 9.64 Å². The highest BCUT2D eigenvalue weighted by Gasteiger charge is 2.22. The number of aromatic nitrogens is 1. The van der Waals surface area contributed by atoms with E-state index in [1.165, 1.54) is 17.4 Å². The van der Waals surface area contributed by atoms with E-state index in [0.29, 0.717) is 34.2 Å². The van der Waals surface area contributed by atoms with E-state index in [0.717, 1.165) is 5.75 Å². The van der Waals surface area contributed by atoms with Gasteiger partial charge < -0.3 is 9.64 Å². The van der Waals surface area contributed by atoms with E-state index in [2.05, 4.69) is 4.98 Å². The Hall–Kier alpha value is -3.29. The maximum Gasteiger partial charge on any atom is 0.260 e. The van der Waals surface area contributed by atoms with Crippen LogP contribution in [-0.4, -0.2) is 43.0 Å². The van der Waals surface area contributed by atoms with Gasteiger partial charge in [0.05, 0.1) is 4.70 Å². The van der Waals surface area contributed by atoms with Crippen molar-refractivity contribution in [3.05, 3.63) is 84.2 Å². The van der Waals surface area contributed by atoms with Gasteiger partial charge in [-0.15, -0.1) is 0 Å². The third kappa shape index (κ3) is 4.90. The number of hydrogen-bond donors (Lipinski definition) is 0. The number of thiazole rings is 1. The standard InChI is InChI=1S/C24H22FN3O2S/c1-27(2)15-16-28(24-26-22-20(25)9-6-10-21(22)31-24)23(29)17-11-13-19(14-12-17)30-18-7-4-3-5-8-18/h3-14H,15-16H2,1-2H3. The molecule has 1 aromatic heterocycles. The number of carbonyl (C=O) groups excluding carboxylic acids is 1. The number of nitrogens with zero attached hydrogens (tertiary/aromatic N) is 3. The zero-order chi connectivity index (χ0) is 21.8. The van der Waals surface area contributed by atoms with E-state index in [9.17, 15) is 9.18 Å². The molecule has 0 aliphatic heterocycles. The van der Waals surface area contributed by atoms with Gasteiger partial charge in [0.15, 0.2) is 5.13 Å². The van der Waals surface area contributed by atoms with Crippen LogP contribution in [0.25, 0.3) is 10.2 Å². The third-order valence-electron chi connectivity index (χ3n) is 4.69. The molecule has 7 heteroatoms. The maximum absolute atomic E-state index is 14.1. The molecule has 0 bridgehead atoms. The van der Waals surface area contributed by atoms with Gasteiger partial charge in [-0.1, -0.05) is 35.6 Å². The molecule has 3 aromatic carbocycles. The Morgan fingerprint density at radius 1 is 0.935 bits per heavy atom. The summed E-state index contributed by atoms with van der Waals surface area (Å²) in [7, 11) is 3.88. The van der Waals surface area contributed by atoms with Crippen LogP contribution in [0.4, 0.5) is 9.52 Å². The lowest BCUT2D eigenvalue weighted by atomic mass is 10.2. The number of ether oxygens (including phenoxy) is 1. The molecular weight excluding hydrogens is 413 g/mol. The number of fused-ring (bicyclic) bond motifs is 1. The van der Waals surface area contributed by atoms with Crippen molar-refractivity contribution >= 4 is 32.6 Å². The predicted octanol–water partition coefficient (Wildman–Crippen LogP) is 5.44. The van der Waals surface area contributed by atoms with Crippen molar-refractivity contribution in [1.29, 1.82) is 0 Å². The number of para-hydroxylation sites is 2. The molecule has 0 saturated heterocycles. The van der Waals surface area contributed by atoms with Crippen LogP contribution in [0.2, 0.25) is 0 Å². The topological polar surface area (TPSA) is 45.7 Å². The van der Waals surface area contributed by atoms with Gasteiger partial charge in [0.25, 0.3) is 5.91 Å². The summed E-state index contributed by atoms with van der Waals surface area (Å²) in [6.07, 6.45) is 0. The Labute approximate surface area is 184 Å². The van der Waals surface area contributed by atoms with Gasteiger partial charge in [0, 0.05) is 18.7 Å². The summed E-state index contributed by atoms with van der Waals surface area (Å²) >= 11 is 1.31. The number of anilines is 1. The smallest absolute Gasteiger partial charge is 0.260 e. The Bertz CT molecular complexity index is 1180. The monoisotopic (exact) mass is 435 g/mol. The van der Waals surface area contributed by atoms with Crippen molar-refractivity contribution < 1.29 is 13.9 Å². The van der Waals surface area contributed by atoms with E-state index >= 15 is 0 Å². The molecule has 0 N–H and O–H groups in total. The maximum atomic E-state index is 14.1. The Morgan fingerprint density at radius 3 is 2.32 bits per heavy atom. The zero-order valence-corrected chi connectivity index (χ0v) is 18.1. The average Bonchev–Trinajstić information content (AvgIpc) is 3.20. The van der Waals surface area contributed by atoms with Crippen LogP contribution in [0.15, 0.2) is 72.8 Å². The van der Waals surface area contributed by atoms with Crippen molar-refractivity contribution in [1.82, 2.24) is 9.88 Å². The van der Waals surface area contributed by atoms with Crippen molar-refractivity contribution in [2.45, 2.75) is 0 Å². The van der Waals surface area contributed by atoms with Crippen LogP contribution in [0.5, 0.6) is 11.5 Å². The Morgan fingerprint density at radius 2 is 1.65 bits per heavy atom. The van der Waals surface area contributed by atoms with Crippen LogP contribution in [0, 0.1) is 5.82 Å². The lowest BCUT2D eigenvalue weighted by Crippen LogP contribution is -2.36. The molecule has 0 atom stereocenters. The van der Waals surface area contributed by atoms with Gasteiger partial charge in [-0.05, 0) is 62.6 Å². The molecule has 0 aliphatic carbocycles. The Balaban J connectivity index is 1.60. The van der Waals surface area contributed by atoms with Crippen LogP contribution in [-0.2, 0) is 0 Å². The fourth-order valence-corrected chi connectivity index (χ4v) is 4.05. The van der Waals surface area contributed by atoms with Crippen LogP contribution in [0.1, 0.15) is 10.4 Å². The molecule has 0 fully saturated rings. The van der Waals surface area contributed by atoms with E-state index in [1.54, 1.807) is 35.2 Å². The molecule has 4 rings (SSSR count). The summed E-state index contributed by atoms with van der Waals surface area (Å²) < 4.78 is 20.7. The summed E-state index contributed by atoms with van der Waals surface area (Å²) in [5.74, 6) is 0.797. The molecule has 31 heavy (non-hydrogen) atoms. The molecule has 0 unspecified atom stereocenters. The molecule has 1 heterocycles. The second kappa shape index (κ2) is 9.24. The van der Waals surface area contributed by atoms with Gasteiger partial charge in [-0.2, -0.15) is 0 Å². The first-order valence-electron chi connectivity index (χ1n) is 9.86. The molecule has 0 radical (unpaired) electrons. The average molecular weight is 436 g/mol. The van der Waals surface area contributed by atoms with Crippen molar-refractivity contribution in [2.24, 2.45) is 0 Å². The molecular formula is C24H22FN3O2S. The number of carbonyl (C=O) groups is 1. The number of hydrogen-bond acceptors (Lipinski definition) is 5. The third-order valence-corrected chi connectivity index (χ3v) is 5.73. The van der Waals surface area contributed by atoms with Crippen LogP contribution >= 0.6 is 11.3 Å². The normalized spacial score (nSPS) is 11.1. The second-order valence-electron chi connectivity index (χ2n) is 7.28. The largest absolute Gasteiger partial charge is 0.457 e.